The van der Waals surface area contributed by atoms with Crippen molar-refractivity contribution in [3.05, 3.63) is 24.0 Å². The topological polar surface area (TPSA) is 49.1 Å². The predicted octanol–water partition coefficient (Wildman–Crippen LogP) is 1.69. The molecule has 5 nitrogen and oxygen atoms in total. The lowest BCUT2D eigenvalue weighted by Crippen LogP contribution is -2.44. The van der Waals surface area contributed by atoms with Crippen LogP contribution in [0.4, 0.5) is 5.69 Å². The number of hydrogen-bond acceptors (Lipinski definition) is 5. The molecule has 0 saturated carbocycles. The summed E-state index contributed by atoms with van der Waals surface area (Å²) < 4.78 is 11.1. The van der Waals surface area contributed by atoms with Crippen LogP contribution in [0.25, 0.3) is 11.0 Å². The van der Waals surface area contributed by atoms with Crippen molar-refractivity contribution in [2.75, 3.05) is 45.2 Å². The van der Waals surface area contributed by atoms with Crippen LogP contribution in [0.2, 0.25) is 0 Å². The van der Waals surface area contributed by atoms with Crippen molar-refractivity contribution < 1.29 is 14.3 Å². The van der Waals surface area contributed by atoms with Crippen LogP contribution in [0.3, 0.4) is 0 Å². The molecule has 3 rings (SSSR count). The second-order valence-corrected chi connectivity index (χ2v) is 5.23. The molecule has 0 spiro atoms. The lowest BCUT2D eigenvalue weighted by molar-refractivity contribution is 0.251. The first-order valence-corrected chi connectivity index (χ1v) is 6.86. The van der Waals surface area contributed by atoms with Crippen molar-refractivity contribution in [3.63, 3.8) is 0 Å². The maximum absolute atomic E-state index is 9.26. The van der Waals surface area contributed by atoms with Crippen molar-refractivity contribution in [1.82, 2.24) is 4.90 Å². The number of fused-ring (bicyclic) bond motifs is 1. The van der Waals surface area contributed by atoms with E-state index in [1.807, 2.05) is 18.2 Å². The summed E-state index contributed by atoms with van der Waals surface area (Å²) in [7, 11) is 3.80. The largest absolute Gasteiger partial charge is 0.497 e. The zero-order valence-electron chi connectivity index (χ0n) is 11.9. The standard InChI is InChI=1S/C15H20N2O3/c1-16-3-5-17(6-4-16)14-9-12(19-2)7-11-8-13(10-18)20-15(11)14/h7-9,18H,3-6,10H2,1-2H3. The normalized spacial score (nSPS) is 16.9. The Morgan fingerprint density at radius 3 is 2.60 bits per heavy atom. The molecule has 1 aliphatic rings. The monoisotopic (exact) mass is 276 g/mol. The van der Waals surface area contributed by atoms with Gasteiger partial charge in [-0.15, -0.1) is 0 Å². The van der Waals surface area contributed by atoms with E-state index < -0.39 is 0 Å². The highest BCUT2D eigenvalue weighted by Gasteiger charge is 2.19. The molecule has 0 aliphatic carbocycles. The van der Waals surface area contributed by atoms with Gasteiger partial charge in [0.1, 0.15) is 18.1 Å². The molecule has 0 atom stereocenters. The smallest absolute Gasteiger partial charge is 0.157 e. The van der Waals surface area contributed by atoms with Crippen LogP contribution in [0.5, 0.6) is 5.75 Å². The number of methoxy groups -OCH3 is 1. The number of furan rings is 1. The maximum Gasteiger partial charge on any atom is 0.157 e. The van der Waals surface area contributed by atoms with E-state index in [0.29, 0.717) is 5.76 Å². The predicted molar refractivity (Wildman–Crippen MR) is 78.4 cm³/mol. The SMILES string of the molecule is COc1cc(N2CCN(C)CC2)c2oc(CO)cc2c1. The molecule has 1 N–H and O–H groups in total. The molecule has 5 heteroatoms. The number of rotatable bonds is 3. The van der Waals surface area contributed by atoms with Crippen molar-refractivity contribution in [2.45, 2.75) is 6.61 Å². The van der Waals surface area contributed by atoms with Crippen LogP contribution in [-0.4, -0.2) is 50.3 Å². The fourth-order valence-electron chi connectivity index (χ4n) is 2.64. The van der Waals surface area contributed by atoms with E-state index in [-0.39, 0.29) is 6.61 Å². The summed E-state index contributed by atoms with van der Waals surface area (Å²) in [5.74, 6) is 1.40. The molecule has 1 aromatic carbocycles. The minimum atomic E-state index is -0.0842. The van der Waals surface area contributed by atoms with Gasteiger partial charge in [-0.2, -0.15) is 0 Å². The highest BCUT2D eigenvalue weighted by molar-refractivity contribution is 5.91. The fourth-order valence-corrected chi connectivity index (χ4v) is 2.64. The van der Waals surface area contributed by atoms with Gasteiger partial charge in [-0.25, -0.2) is 0 Å². The molecule has 0 radical (unpaired) electrons. The average molecular weight is 276 g/mol. The van der Waals surface area contributed by atoms with Crippen LogP contribution in [0.1, 0.15) is 5.76 Å². The Morgan fingerprint density at radius 2 is 1.95 bits per heavy atom. The van der Waals surface area contributed by atoms with Gasteiger partial charge in [-0.05, 0) is 19.2 Å². The van der Waals surface area contributed by atoms with Gasteiger partial charge >= 0.3 is 0 Å². The quantitative estimate of drug-likeness (QED) is 0.924. The number of piperazine rings is 1. The van der Waals surface area contributed by atoms with Crippen molar-refractivity contribution in [2.24, 2.45) is 0 Å². The summed E-state index contributed by atoms with van der Waals surface area (Å²) in [5, 5.41) is 10.2. The Bertz CT molecular complexity index is 600. The van der Waals surface area contributed by atoms with Gasteiger partial charge < -0.3 is 24.1 Å². The average Bonchev–Trinajstić information content (AvgIpc) is 2.90. The zero-order chi connectivity index (χ0) is 14.1. The van der Waals surface area contributed by atoms with E-state index in [4.69, 9.17) is 9.15 Å². The Kier molecular flexibility index (Phi) is 3.54. The fraction of sp³-hybridized carbons (Fsp3) is 0.467. The third kappa shape index (κ3) is 2.34. The van der Waals surface area contributed by atoms with Crippen LogP contribution in [0, 0.1) is 0 Å². The van der Waals surface area contributed by atoms with Gasteiger partial charge in [0.25, 0.3) is 0 Å². The third-order valence-electron chi connectivity index (χ3n) is 3.86. The second kappa shape index (κ2) is 5.34. The number of benzene rings is 1. The molecule has 1 fully saturated rings. The molecular weight excluding hydrogens is 256 g/mol. The molecule has 20 heavy (non-hydrogen) atoms. The van der Waals surface area contributed by atoms with Gasteiger partial charge in [0.15, 0.2) is 5.58 Å². The molecule has 0 bridgehead atoms. The van der Waals surface area contributed by atoms with Crippen LogP contribution in [0.15, 0.2) is 22.6 Å². The lowest BCUT2D eigenvalue weighted by atomic mass is 10.2. The van der Waals surface area contributed by atoms with Gasteiger partial charge in [0.2, 0.25) is 0 Å². The third-order valence-corrected chi connectivity index (χ3v) is 3.86. The van der Waals surface area contributed by atoms with E-state index >= 15 is 0 Å². The van der Waals surface area contributed by atoms with Crippen molar-refractivity contribution >= 4 is 16.7 Å². The number of likely N-dealkylation sites (N-methyl/N-ethyl adjacent to an activating group) is 1. The molecule has 0 amide bonds. The molecule has 1 aromatic heterocycles. The molecule has 1 aliphatic heterocycles. The Hall–Kier alpha value is -1.72. The minimum absolute atomic E-state index is 0.0842. The number of nitrogens with zero attached hydrogens (tertiary/aromatic N) is 2. The van der Waals surface area contributed by atoms with E-state index in [0.717, 1.165) is 48.6 Å². The number of anilines is 1. The van der Waals surface area contributed by atoms with Crippen LogP contribution < -0.4 is 9.64 Å². The second-order valence-electron chi connectivity index (χ2n) is 5.23. The maximum atomic E-state index is 9.26. The number of hydrogen-bond donors (Lipinski definition) is 1. The van der Waals surface area contributed by atoms with Gasteiger partial charge in [0.05, 0.1) is 12.8 Å². The lowest BCUT2D eigenvalue weighted by Gasteiger charge is -2.34. The summed E-state index contributed by atoms with van der Waals surface area (Å²) in [6, 6.07) is 5.83. The molecule has 2 aromatic rings. The summed E-state index contributed by atoms with van der Waals surface area (Å²) >= 11 is 0. The van der Waals surface area contributed by atoms with Crippen molar-refractivity contribution in [1.29, 1.82) is 0 Å². The van der Waals surface area contributed by atoms with Gasteiger partial charge in [0, 0.05) is 37.6 Å². The molecule has 0 unspecified atom stereocenters. The van der Waals surface area contributed by atoms with E-state index in [9.17, 15) is 5.11 Å². The van der Waals surface area contributed by atoms with E-state index in [1.54, 1.807) is 7.11 Å². The Morgan fingerprint density at radius 1 is 1.20 bits per heavy atom. The first-order chi connectivity index (χ1) is 9.71. The number of ether oxygens (including phenoxy) is 1. The minimum Gasteiger partial charge on any atom is -0.497 e. The molecule has 108 valence electrons. The number of aliphatic hydroxyl groups is 1. The summed E-state index contributed by atoms with van der Waals surface area (Å²) in [6.07, 6.45) is 0. The molecular formula is C15H20N2O3. The van der Waals surface area contributed by atoms with Crippen molar-refractivity contribution in [3.8, 4) is 5.75 Å². The number of aliphatic hydroxyl groups excluding tert-OH is 1. The first-order valence-electron chi connectivity index (χ1n) is 6.86. The molecule has 2 heterocycles. The van der Waals surface area contributed by atoms with Crippen LogP contribution in [-0.2, 0) is 6.61 Å². The zero-order valence-corrected chi connectivity index (χ0v) is 11.9. The Labute approximate surface area is 118 Å². The summed E-state index contributed by atoms with van der Waals surface area (Å²) in [6.45, 7) is 3.92. The van der Waals surface area contributed by atoms with Crippen LogP contribution >= 0.6 is 0 Å². The van der Waals surface area contributed by atoms with E-state index in [1.165, 1.54) is 0 Å². The van der Waals surface area contributed by atoms with Gasteiger partial charge in [-0.1, -0.05) is 0 Å². The summed E-state index contributed by atoms with van der Waals surface area (Å²) in [4.78, 5) is 4.63. The summed E-state index contributed by atoms with van der Waals surface area (Å²) in [5.41, 5.74) is 1.88. The van der Waals surface area contributed by atoms with E-state index in [2.05, 4.69) is 16.8 Å². The highest BCUT2D eigenvalue weighted by atomic mass is 16.5. The first kappa shape index (κ1) is 13.3. The molecule has 1 saturated heterocycles. The van der Waals surface area contributed by atoms with Gasteiger partial charge in [-0.3, -0.25) is 0 Å². The highest BCUT2D eigenvalue weighted by Crippen LogP contribution is 2.34. The Balaban J connectivity index is 2.05.